The van der Waals surface area contributed by atoms with Crippen LogP contribution in [-0.4, -0.2) is 90.5 Å². The number of hydrogen-bond donors (Lipinski definition) is 6. The molecular weight excluding hydrogens is 786 g/mol. The van der Waals surface area contributed by atoms with Gasteiger partial charge in [-0.15, -0.1) is 0 Å². The van der Waals surface area contributed by atoms with Crippen LogP contribution in [-0.2, 0) is 43.7 Å². The molecule has 3 atom stereocenters. The van der Waals surface area contributed by atoms with Crippen molar-refractivity contribution in [3.63, 3.8) is 0 Å². The molecule has 1 aliphatic rings. The number of amides is 3. The maximum Gasteiger partial charge on any atom is 0.246 e. The number of pyridine rings is 2. The van der Waals surface area contributed by atoms with Crippen LogP contribution < -0.4 is 27.4 Å². The van der Waals surface area contributed by atoms with Crippen LogP contribution in [0.15, 0.2) is 88.0 Å². The number of likely N-dealkylation sites (N-methyl/N-ethyl adjacent to an activating group) is 1. The molecule has 300 valence electrons. The number of H-pyrrole nitrogens is 1. The van der Waals surface area contributed by atoms with E-state index in [0.29, 0.717) is 51.0 Å². The van der Waals surface area contributed by atoms with E-state index in [4.69, 9.17) is 23.1 Å². The van der Waals surface area contributed by atoms with Crippen LogP contribution in [0, 0.1) is 6.92 Å². The van der Waals surface area contributed by atoms with Gasteiger partial charge in [-0.1, -0.05) is 47.6 Å². The Morgan fingerprint density at radius 2 is 1.75 bits per heavy atom. The molecule has 4 heterocycles. The number of benzene rings is 2. The Kier molecular flexibility index (Phi) is 13.3. The number of para-hydroxylation sites is 1. The summed E-state index contributed by atoms with van der Waals surface area (Å²) >= 11 is 8.37. The van der Waals surface area contributed by atoms with E-state index in [9.17, 15) is 22.8 Å². The number of aromatic amines is 1. The minimum absolute atomic E-state index is 0.0159. The number of nitrogens with one attached hydrogen (secondary N) is 4. The molecule has 57 heavy (non-hydrogen) atoms. The predicted molar refractivity (Wildman–Crippen MR) is 221 cm³/mol. The van der Waals surface area contributed by atoms with Gasteiger partial charge in [0.25, 0.3) is 0 Å². The summed E-state index contributed by atoms with van der Waals surface area (Å²) in [4.78, 5) is 56.8. The van der Waals surface area contributed by atoms with Crippen molar-refractivity contribution in [3.05, 3.63) is 101 Å². The van der Waals surface area contributed by atoms with Gasteiger partial charge in [-0.25, -0.2) is 13.4 Å². The van der Waals surface area contributed by atoms with Crippen LogP contribution >= 0.6 is 23.4 Å². The smallest absolute Gasteiger partial charge is 0.246 e. The van der Waals surface area contributed by atoms with Gasteiger partial charge in [0.1, 0.15) is 17.1 Å². The summed E-state index contributed by atoms with van der Waals surface area (Å²) in [5.74, 6) is -1.41. The Labute approximate surface area is 340 Å². The molecule has 14 nitrogen and oxygen atoms in total. The van der Waals surface area contributed by atoms with E-state index in [-0.39, 0.29) is 31.0 Å². The lowest BCUT2D eigenvalue weighted by Crippen LogP contribution is -2.59. The fraction of sp³-hybridized carbons (Fsp3) is 0.325. The summed E-state index contributed by atoms with van der Waals surface area (Å²) < 4.78 is 24.9. The fourth-order valence-electron chi connectivity index (χ4n) is 6.86. The number of fused-ring (bicyclic) bond motifs is 3. The van der Waals surface area contributed by atoms with Crippen molar-refractivity contribution in [2.24, 2.45) is 11.5 Å². The highest BCUT2D eigenvalue weighted by molar-refractivity contribution is 7.99. The SMILES string of the molecule is Cc1[nH]c2ccccc2c1C[C@H]1C(=O)NCc2cc(-c3cncc(S(C)(=O)=O)c3)cc(Cl)c2Sc2ncccc2CN[C@@H](CCCN)C(=O)N[C@@H](CN)C(=O)N1C. The van der Waals surface area contributed by atoms with Gasteiger partial charge in [0.15, 0.2) is 9.84 Å². The van der Waals surface area contributed by atoms with E-state index < -0.39 is 45.7 Å². The number of sulfone groups is 1. The average Bonchev–Trinajstić information content (AvgIpc) is 3.52. The molecule has 0 fully saturated rings. The van der Waals surface area contributed by atoms with E-state index >= 15 is 0 Å². The number of aryl methyl sites for hydroxylation is 1. The first-order chi connectivity index (χ1) is 27.3. The predicted octanol–water partition coefficient (Wildman–Crippen LogP) is 3.48. The molecular formula is C40H46ClN9O5S2. The molecule has 0 aliphatic carbocycles. The highest BCUT2D eigenvalue weighted by Gasteiger charge is 2.34. The van der Waals surface area contributed by atoms with Gasteiger partial charge in [-0.05, 0) is 78.9 Å². The Balaban J connectivity index is 1.47. The van der Waals surface area contributed by atoms with Crippen molar-refractivity contribution in [3.8, 4) is 11.1 Å². The monoisotopic (exact) mass is 831 g/mol. The number of nitrogens with zero attached hydrogens (tertiary/aromatic N) is 3. The van der Waals surface area contributed by atoms with Crippen LogP contribution in [0.3, 0.4) is 0 Å². The standard InChI is InChI=1S/C40H46ClN9O5S2/c1-23-30(29-9-4-5-10-32(29)48-23)17-35-38(52)47-21-27-14-25(26-15-28(22-44-19-26)57(3,54)55)16-31(41)36(27)56-39-24(8-7-13-45-39)20-46-33(11-6-12-42)37(51)49-34(18-43)40(53)50(35)2/h4-5,7-10,13-16,19,22,33-35,46,48H,6,11-12,17-18,20-21,42-43H2,1-3H3,(H,47,52)(H,49,51)/t33-,34-,35-/m0/s1. The first-order valence-electron chi connectivity index (χ1n) is 18.4. The third-order valence-corrected chi connectivity index (χ3v) is 12.8. The highest BCUT2D eigenvalue weighted by Crippen LogP contribution is 2.40. The Morgan fingerprint density at radius 3 is 2.51 bits per heavy atom. The molecule has 0 bridgehead atoms. The normalized spacial score (nSPS) is 18.7. The van der Waals surface area contributed by atoms with Gasteiger partial charge < -0.3 is 37.3 Å². The van der Waals surface area contributed by atoms with Crippen LogP contribution in [0.5, 0.6) is 0 Å². The van der Waals surface area contributed by atoms with Crippen molar-refractivity contribution in [2.75, 3.05) is 26.4 Å². The molecule has 17 heteroatoms. The largest absolute Gasteiger partial charge is 0.358 e. The maximum atomic E-state index is 14.5. The molecule has 0 saturated heterocycles. The Morgan fingerprint density at radius 1 is 0.965 bits per heavy atom. The van der Waals surface area contributed by atoms with E-state index in [1.54, 1.807) is 24.5 Å². The minimum Gasteiger partial charge on any atom is -0.358 e. The number of carbonyl (C=O) groups is 3. The molecule has 5 aromatic rings. The molecule has 0 spiro atoms. The zero-order chi connectivity index (χ0) is 40.9. The topological polar surface area (TPSA) is 218 Å². The first-order valence-corrected chi connectivity index (χ1v) is 21.5. The van der Waals surface area contributed by atoms with Gasteiger partial charge >= 0.3 is 0 Å². The van der Waals surface area contributed by atoms with Crippen molar-refractivity contribution in [1.29, 1.82) is 0 Å². The Bertz CT molecular complexity index is 2410. The van der Waals surface area contributed by atoms with Gasteiger partial charge in [0.2, 0.25) is 17.7 Å². The molecule has 2 aromatic carbocycles. The van der Waals surface area contributed by atoms with Crippen molar-refractivity contribution < 1.29 is 22.8 Å². The number of rotatable bonds is 8. The van der Waals surface area contributed by atoms with Gasteiger partial charge in [-0.2, -0.15) is 0 Å². The number of halogens is 1. The summed E-state index contributed by atoms with van der Waals surface area (Å²) in [6, 6.07) is 13.6. The van der Waals surface area contributed by atoms with E-state index in [0.717, 1.165) is 34.0 Å². The molecule has 6 rings (SSSR count). The van der Waals surface area contributed by atoms with Gasteiger partial charge in [0, 0.05) is 85.0 Å². The summed E-state index contributed by atoms with van der Waals surface area (Å²) in [6.07, 6.45) is 6.68. The molecule has 3 aromatic heterocycles. The number of hydrogen-bond acceptors (Lipinski definition) is 11. The number of carbonyl (C=O) groups excluding carboxylic acids is 3. The second kappa shape index (κ2) is 18.2. The highest BCUT2D eigenvalue weighted by atomic mass is 35.5. The van der Waals surface area contributed by atoms with Crippen LogP contribution in [0.4, 0.5) is 0 Å². The number of nitrogens with two attached hydrogens (primary N) is 2. The Hall–Kier alpha value is -4.84. The molecule has 8 N–H and O–H groups in total. The van der Waals surface area contributed by atoms with Crippen molar-refractivity contribution in [2.45, 2.75) is 72.2 Å². The van der Waals surface area contributed by atoms with E-state index in [2.05, 4.69) is 30.9 Å². The summed E-state index contributed by atoms with van der Waals surface area (Å²) in [5, 5.41) is 11.1. The van der Waals surface area contributed by atoms with Crippen LogP contribution in [0.2, 0.25) is 5.02 Å². The molecule has 0 radical (unpaired) electrons. The number of aromatic nitrogens is 3. The van der Waals surface area contributed by atoms with Gasteiger partial charge in [0.05, 0.1) is 16.0 Å². The van der Waals surface area contributed by atoms with E-state index in [1.165, 1.54) is 36.0 Å². The van der Waals surface area contributed by atoms with Crippen molar-refractivity contribution >= 4 is 61.8 Å². The lowest BCUT2D eigenvalue weighted by atomic mass is 10.00. The summed E-state index contributed by atoms with van der Waals surface area (Å²) in [5.41, 5.74) is 17.1. The van der Waals surface area contributed by atoms with Crippen molar-refractivity contribution in [1.82, 2.24) is 35.8 Å². The zero-order valence-electron chi connectivity index (χ0n) is 31.8. The van der Waals surface area contributed by atoms with Gasteiger partial charge in [-0.3, -0.25) is 19.4 Å². The fourth-order valence-corrected chi connectivity index (χ4v) is 8.81. The third kappa shape index (κ3) is 9.66. The second-order valence-electron chi connectivity index (χ2n) is 14.0. The second-order valence-corrected chi connectivity index (χ2v) is 17.4. The maximum absolute atomic E-state index is 14.5. The van der Waals surface area contributed by atoms with Crippen LogP contribution in [0.25, 0.3) is 22.0 Å². The lowest BCUT2D eigenvalue weighted by molar-refractivity contribution is -0.141. The third-order valence-electron chi connectivity index (χ3n) is 10.0. The zero-order valence-corrected chi connectivity index (χ0v) is 34.2. The molecule has 0 saturated carbocycles. The molecule has 3 amide bonds. The van der Waals surface area contributed by atoms with E-state index in [1.807, 2.05) is 43.3 Å². The van der Waals surface area contributed by atoms with Crippen LogP contribution in [0.1, 0.15) is 35.2 Å². The summed E-state index contributed by atoms with van der Waals surface area (Å²) in [6.45, 7) is 2.31. The minimum atomic E-state index is -3.56. The molecule has 1 aliphatic heterocycles. The molecule has 0 unspecified atom stereocenters. The average molecular weight is 832 g/mol. The first kappa shape index (κ1) is 41.8. The lowest BCUT2D eigenvalue weighted by Gasteiger charge is -2.31. The quantitative estimate of drug-likeness (QED) is 0.133. The summed E-state index contributed by atoms with van der Waals surface area (Å²) in [7, 11) is -2.03.